The van der Waals surface area contributed by atoms with E-state index in [0.717, 1.165) is 0 Å². The summed E-state index contributed by atoms with van der Waals surface area (Å²) in [6.07, 6.45) is -4.14. The monoisotopic (exact) mass is 280 g/mol. The molecule has 1 aliphatic rings. The van der Waals surface area contributed by atoms with Crippen LogP contribution in [0.1, 0.15) is 41.5 Å². The van der Waals surface area contributed by atoms with Crippen molar-refractivity contribution in [3.8, 4) is 0 Å². The Kier molecular flexibility index (Phi) is 4.63. The summed E-state index contributed by atoms with van der Waals surface area (Å²) in [7, 11) is 0. The van der Waals surface area contributed by atoms with Crippen molar-refractivity contribution < 1.29 is 13.2 Å². The van der Waals surface area contributed by atoms with Gasteiger partial charge in [0.2, 0.25) is 0 Å². The van der Waals surface area contributed by atoms with Crippen molar-refractivity contribution in [1.82, 2.24) is 10.2 Å². The van der Waals surface area contributed by atoms with Crippen LogP contribution in [0, 0.1) is 10.8 Å². The van der Waals surface area contributed by atoms with Gasteiger partial charge >= 0.3 is 6.18 Å². The number of rotatable bonds is 1. The summed E-state index contributed by atoms with van der Waals surface area (Å²) in [5.41, 5.74) is -0.201. The Balaban J connectivity index is 2.87. The lowest BCUT2D eigenvalue weighted by Gasteiger charge is -2.49. The molecule has 19 heavy (non-hydrogen) atoms. The molecule has 0 saturated carbocycles. The molecule has 0 radical (unpaired) electrons. The fourth-order valence-electron chi connectivity index (χ4n) is 2.65. The topological polar surface area (TPSA) is 15.3 Å². The molecule has 0 spiro atoms. The lowest BCUT2D eigenvalue weighted by Crippen LogP contribution is -2.64. The van der Waals surface area contributed by atoms with Gasteiger partial charge in [0.25, 0.3) is 0 Å². The van der Waals surface area contributed by atoms with E-state index in [2.05, 4.69) is 26.1 Å². The van der Waals surface area contributed by atoms with Crippen molar-refractivity contribution in [3.63, 3.8) is 0 Å². The van der Waals surface area contributed by atoms with Gasteiger partial charge in [-0.25, -0.2) is 0 Å². The Bertz CT molecular complexity index is 299. The first-order valence-electron chi connectivity index (χ1n) is 6.85. The van der Waals surface area contributed by atoms with Gasteiger partial charge in [0.15, 0.2) is 0 Å². The van der Waals surface area contributed by atoms with Gasteiger partial charge in [-0.2, -0.15) is 13.2 Å². The molecule has 2 nitrogen and oxygen atoms in total. The maximum Gasteiger partial charge on any atom is 0.401 e. The molecular formula is C14H27F3N2. The zero-order valence-corrected chi connectivity index (χ0v) is 12.9. The van der Waals surface area contributed by atoms with Gasteiger partial charge in [-0.05, 0) is 10.8 Å². The van der Waals surface area contributed by atoms with E-state index in [9.17, 15) is 13.2 Å². The minimum atomic E-state index is -4.14. The molecule has 0 aromatic carbocycles. The van der Waals surface area contributed by atoms with E-state index in [1.165, 1.54) is 0 Å². The van der Waals surface area contributed by atoms with Gasteiger partial charge in [-0.1, -0.05) is 41.5 Å². The molecule has 2 atom stereocenters. The minimum Gasteiger partial charge on any atom is -0.311 e. The first-order valence-corrected chi connectivity index (χ1v) is 6.85. The van der Waals surface area contributed by atoms with Gasteiger partial charge in [-0.3, -0.25) is 4.90 Å². The van der Waals surface area contributed by atoms with Crippen molar-refractivity contribution >= 4 is 0 Å². The maximum absolute atomic E-state index is 12.8. The molecule has 0 aromatic heterocycles. The van der Waals surface area contributed by atoms with E-state index in [1.54, 1.807) is 4.90 Å². The van der Waals surface area contributed by atoms with Gasteiger partial charge < -0.3 is 5.32 Å². The van der Waals surface area contributed by atoms with Crippen molar-refractivity contribution in [2.45, 2.75) is 59.8 Å². The first-order chi connectivity index (χ1) is 8.31. The quantitative estimate of drug-likeness (QED) is 0.793. The molecule has 2 unspecified atom stereocenters. The van der Waals surface area contributed by atoms with Crippen LogP contribution < -0.4 is 5.32 Å². The number of piperazine rings is 1. The fourth-order valence-corrected chi connectivity index (χ4v) is 2.65. The Morgan fingerprint density at radius 1 is 1.00 bits per heavy atom. The second kappa shape index (κ2) is 5.24. The van der Waals surface area contributed by atoms with E-state index in [-0.39, 0.29) is 22.9 Å². The number of nitrogens with zero attached hydrogens (tertiary/aromatic N) is 1. The lowest BCUT2D eigenvalue weighted by molar-refractivity contribution is -0.161. The molecule has 1 rings (SSSR count). The van der Waals surface area contributed by atoms with Gasteiger partial charge in [0.05, 0.1) is 6.54 Å². The Labute approximate surface area is 114 Å². The van der Waals surface area contributed by atoms with Crippen molar-refractivity contribution in [3.05, 3.63) is 0 Å². The van der Waals surface area contributed by atoms with E-state index in [0.29, 0.717) is 13.1 Å². The lowest BCUT2D eigenvalue weighted by atomic mass is 9.79. The molecule has 5 heteroatoms. The zero-order chi connectivity index (χ0) is 15.1. The van der Waals surface area contributed by atoms with Crippen LogP contribution in [0.4, 0.5) is 13.2 Å². The van der Waals surface area contributed by atoms with Crippen molar-refractivity contribution in [2.75, 3.05) is 19.6 Å². The van der Waals surface area contributed by atoms with Crippen LogP contribution in [-0.4, -0.2) is 42.8 Å². The molecule has 0 aliphatic carbocycles. The largest absolute Gasteiger partial charge is 0.401 e. The molecule has 114 valence electrons. The number of hydrogen-bond acceptors (Lipinski definition) is 2. The summed E-state index contributed by atoms with van der Waals surface area (Å²) in [6, 6.07) is 0.00109. The zero-order valence-electron chi connectivity index (χ0n) is 12.9. The minimum absolute atomic E-state index is 0.0350. The molecule has 1 fully saturated rings. The molecule has 1 saturated heterocycles. The highest BCUT2D eigenvalue weighted by molar-refractivity contribution is 4.96. The summed E-state index contributed by atoms with van der Waals surface area (Å²) in [4.78, 5) is 1.60. The second-order valence-electron chi connectivity index (χ2n) is 7.75. The number of halogens is 3. The highest BCUT2D eigenvalue weighted by Crippen LogP contribution is 2.32. The molecule has 1 heterocycles. The van der Waals surface area contributed by atoms with Crippen LogP contribution in [0.5, 0.6) is 0 Å². The molecular weight excluding hydrogens is 253 g/mol. The first kappa shape index (κ1) is 16.8. The van der Waals surface area contributed by atoms with Gasteiger partial charge in [-0.15, -0.1) is 0 Å². The normalized spacial score (nSPS) is 27.6. The van der Waals surface area contributed by atoms with E-state index >= 15 is 0 Å². The molecule has 0 aromatic rings. The van der Waals surface area contributed by atoms with Crippen LogP contribution in [0.15, 0.2) is 0 Å². The number of hydrogen-bond donors (Lipinski definition) is 1. The van der Waals surface area contributed by atoms with Gasteiger partial charge in [0.1, 0.15) is 0 Å². The van der Waals surface area contributed by atoms with Crippen LogP contribution in [0.25, 0.3) is 0 Å². The van der Waals surface area contributed by atoms with Crippen molar-refractivity contribution in [1.29, 1.82) is 0 Å². The smallest absolute Gasteiger partial charge is 0.311 e. The van der Waals surface area contributed by atoms with E-state index < -0.39 is 12.7 Å². The van der Waals surface area contributed by atoms with Crippen LogP contribution in [0.3, 0.4) is 0 Å². The Morgan fingerprint density at radius 2 is 1.53 bits per heavy atom. The highest BCUT2D eigenvalue weighted by Gasteiger charge is 2.43. The Hall–Kier alpha value is -0.290. The SMILES string of the molecule is CC(C)(C)C1CN(CC(F)(F)F)C(C(C)(C)C)CN1. The average Bonchev–Trinajstić information content (AvgIpc) is 2.11. The summed E-state index contributed by atoms with van der Waals surface area (Å²) in [5.74, 6) is 0. The predicted octanol–water partition coefficient (Wildman–Crippen LogP) is 3.28. The average molecular weight is 280 g/mol. The summed E-state index contributed by atoms with van der Waals surface area (Å²) < 4.78 is 38.3. The molecule has 1 aliphatic heterocycles. The van der Waals surface area contributed by atoms with Gasteiger partial charge in [0, 0.05) is 25.2 Å². The standard InChI is InChI=1S/C14H27F3N2/c1-12(2,3)10-8-19(9-14(15,16)17)11(7-18-10)13(4,5)6/h10-11,18H,7-9H2,1-6H3. The number of nitrogens with one attached hydrogen (secondary N) is 1. The Morgan fingerprint density at radius 3 is 1.89 bits per heavy atom. The summed E-state index contributed by atoms with van der Waals surface area (Å²) in [6.45, 7) is 12.4. The van der Waals surface area contributed by atoms with E-state index in [1.807, 2.05) is 20.8 Å². The summed E-state index contributed by atoms with van der Waals surface area (Å²) >= 11 is 0. The predicted molar refractivity (Wildman–Crippen MR) is 72.1 cm³/mol. The van der Waals surface area contributed by atoms with Crippen LogP contribution in [-0.2, 0) is 0 Å². The third kappa shape index (κ3) is 4.95. The highest BCUT2D eigenvalue weighted by atomic mass is 19.4. The van der Waals surface area contributed by atoms with Crippen LogP contribution >= 0.6 is 0 Å². The summed E-state index contributed by atoms with van der Waals surface area (Å²) in [5, 5.41) is 3.42. The molecule has 1 N–H and O–H groups in total. The second-order valence-corrected chi connectivity index (χ2v) is 7.75. The van der Waals surface area contributed by atoms with Crippen LogP contribution in [0.2, 0.25) is 0 Å². The third-order valence-corrected chi connectivity index (χ3v) is 3.84. The fraction of sp³-hybridized carbons (Fsp3) is 1.00. The maximum atomic E-state index is 12.8. The molecule has 0 bridgehead atoms. The van der Waals surface area contributed by atoms with E-state index in [4.69, 9.17) is 0 Å². The third-order valence-electron chi connectivity index (χ3n) is 3.84. The van der Waals surface area contributed by atoms with Crippen molar-refractivity contribution in [2.24, 2.45) is 10.8 Å². The number of alkyl halides is 3. The molecule has 0 amide bonds.